The zero-order chi connectivity index (χ0) is 15.4. The molecule has 1 heterocycles. The summed E-state index contributed by atoms with van der Waals surface area (Å²) in [6.07, 6.45) is 1.34. The molecular weight excluding hydrogens is 312 g/mol. The molecule has 0 bridgehead atoms. The van der Waals surface area contributed by atoms with Gasteiger partial charge in [0.05, 0.1) is 18.3 Å². The van der Waals surface area contributed by atoms with Crippen LogP contribution in [0.1, 0.15) is 20.8 Å². The SMILES string of the molecule is COc1ccc(O)c(/C=N\NC(=O)c2scc(C)c2Cl)c1. The Bertz CT molecular complexity index is 698. The summed E-state index contributed by atoms with van der Waals surface area (Å²) in [4.78, 5) is 12.3. The third kappa shape index (κ3) is 3.53. The number of hydrazone groups is 1. The van der Waals surface area contributed by atoms with Gasteiger partial charge in [-0.15, -0.1) is 11.3 Å². The molecule has 0 radical (unpaired) electrons. The highest BCUT2D eigenvalue weighted by molar-refractivity contribution is 7.13. The first-order valence-electron chi connectivity index (χ1n) is 5.97. The Kier molecular flexibility index (Phi) is 4.82. The molecule has 0 aliphatic heterocycles. The number of benzene rings is 1. The van der Waals surface area contributed by atoms with E-state index in [9.17, 15) is 9.90 Å². The maximum absolute atomic E-state index is 11.9. The predicted octanol–water partition coefficient (Wildman–Crippen LogP) is 3.19. The van der Waals surface area contributed by atoms with Crippen molar-refractivity contribution in [1.29, 1.82) is 0 Å². The Morgan fingerprint density at radius 3 is 2.90 bits per heavy atom. The molecule has 1 aromatic heterocycles. The first-order chi connectivity index (χ1) is 10.0. The highest BCUT2D eigenvalue weighted by atomic mass is 35.5. The van der Waals surface area contributed by atoms with E-state index in [0.29, 0.717) is 21.2 Å². The molecule has 110 valence electrons. The van der Waals surface area contributed by atoms with Gasteiger partial charge in [-0.3, -0.25) is 4.79 Å². The van der Waals surface area contributed by atoms with Gasteiger partial charge in [0.15, 0.2) is 0 Å². The number of rotatable bonds is 4. The van der Waals surface area contributed by atoms with Gasteiger partial charge in [-0.25, -0.2) is 5.43 Å². The number of nitrogens with one attached hydrogen (secondary N) is 1. The first-order valence-corrected chi connectivity index (χ1v) is 7.22. The van der Waals surface area contributed by atoms with Crippen molar-refractivity contribution in [2.24, 2.45) is 5.10 Å². The van der Waals surface area contributed by atoms with Crippen LogP contribution in [0.5, 0.6) is 11.5 Å². The number of methoxy groups -OCH3 is 1. The molecule has 1 amide bonds. The number of phenols is 1. The normalized spacial score (nSPS) is 10.8. The van der Waals surface area contributed by atoms with E-state index in [-0.39, 0.29) is 5.75 Å². The molecule has 0 atom stereocenters. The van der Waals surface area contributed by atoms with Crippen LogP contribution in [-0.2, 0) is 0 Å². The van der Waals surface area contributed by atoms with Crippen molar-refractivity contribution in [3.63, 3.8) is 0 Å². The smallest absolute Gasteiger partial charge is 0.282 e. The number of aromatic hydroxyl groups is 1. The van der Waals surface area contributed by atoms with Crippen LogP contribution in [0.25, 0.3) is 0 Å². The lowest BCUT2D eigenvalue weighted by Gasteiger charge is -2.03. The van der Waals surface area contributed by atoms with E-state index in [0.717, 1.165) is 5.56 Å². The number of amides is 1. The minimum Gasteiger partial charge on any atom is -0.507 e. The third-order valence-corrected chi connectivity index (χ3v) is 4.41. The van der Waals surface area contributed by atoms with Crippen molar-refractivity contribution in [1.82, 2.24) is 5.43 Å². The lowest BCUT2D eigenvalue weighted by atomic mass is 10.2. The number of hydrogen-bond donors (Lipinski definition) is 2. The van der Waals surface area contributed by atoms with E-state index in [4.69, 9.17) is 16.3 Å². The lowest BCUT2D eigenvalue weighted by molar-refractivity contribution is 0.0959. The van der Waals surface area contributed by atoms with Gasteiger partial charge in [-0.2, -0.15) is 5.10 Å². The molecule has 0 unspecified atom stereocenters. The molecule has 5 nitrogen and oxygen atoms in total. The standard InChI is InChI=1S/C14H13ClN2O3S/c1-8-7-21-13(12(8)15)14(19)17-16-6-9-5-10(20-2)3-4-11(9)18/h3-7,18H,1-2H3,(H,17,19)/b16-6-. The quantitative estimate of drug-likeness (QED) is 0.670. The van der Waals surface area contributed by atoms with Gasteiger partial charge in [0.25, 0.3) is 5.91 Å². The minimum atomic E-state index is -0.392. The van der Waals surface area contributed by atoms with Gasteiger partial charge < -0.3 is 9.84 Å². The summed E-state index contributed by atoms with van der Waals surface area (Å²) in [7, 11) is 1.52. The van der Waals surface area contributed by atoms with Crippen LogP contribution in [0, 0.1) is 6.92 Å². The van der Waals surface area contributed by atoms with Crippen molar-refractivity contribution in [2.45, 2.75) is 6.92 Å². The predicted molar refractivity (Wildman–Crippen MR) is 83.8 cm³/mol. The number of hydrogen-bond acceptors (Lipinski definition) is 5. The lowest BCUT2D eigenvalue weighted by Crippen LogP contribution is -2.16. The zero-order valence-corrected chi connectivity index (χ0v) is 13.0. The van der Waals surface area contributed by atoms with Gasteiger partial charge in [0, 0.05) is 5.56 Å². The number of thiophene rings is 1. The Balaban J connectivity index is 2.09. The Morgan fingerprint density at radius 2 is 2.29 bits per heavy atom. The molecule has 1 aromatic carbocycles. The monoisotopic (exact) mass is 324 g/mol. The van der Waals surface area contributed by atoms with Crippen LogP contribution in [0.3, 0.4) is 0 Å². The molecule has 0 saturated heterocycles. The minimum absolute atomic E-state index is 0.0406. The van der Waals surface area contributed by atoms with Crippen LogP contribution in [0.2, 0.25) is 5.02 Å². The summed E-state index contributed by atoms with van der Waals surface area (Å²) >= 11 is 7.26. The number of halogens is 1. The van der Waals surface area contributed by atoms with Gasteiger partial charge in [-0.05, 0) is 36.1 Å². The molecule has 7 heteroatoms. The zero-order valence-electron chi connectivity index (χ0n) is 11.4. The third-order valence-electron chi connectivity index (χ3n) is 2.71. The molecule has 0 spiro atoms. The van der Waals surface area contributed by atoms with Gasteiger partial charge in [-0.1, -0.05) is 11.6 Å². The number of nitrogens with zero attached hydrogens (tertiary/aromatic N) is 1. The molecule has 2 N–H and O–H groups in total. The highest BCUT2D eigenvalue weighted by Crippen LogP contribution is 2.26. The van der Waals surface area contributed by atoms with Crippen molar-refractivity contribution in [3.05, 3.63) is 44.6 Å². The van der Waals surface area contributed by atoms with E-state index >= 15 is 0 Å². The fraction of sp³-hybridized carbons (Fsp3) is 0.143. The largest absolute Gasteiger partial charge is 0.507 e. The van der Waals surface area contributed by atoms with Crippen molar-refractivity contribution < 1.29 is 14.6 Å². The summed E-state index contributed by atoms with van der Waals surface area (Å²) in [5, 5.41) is 15.7. The maximum Gasteiger partial charge on any atom is 0.282 e. The molecule has 0 fully saturated rings. The maximum atomic E-state index is 11.9. The number of aryl methyl sites for hydroxylation is 1. The Labute approximate surface area is 130 Å². The van der Waals surface area contributed by atoms with Gasteiger partial charge >= 0.3 is 0 Å². The number of carbonyl (C=O) groups excluding carboxylic acids is 1. The van der Waals surface area contributed by atoms with Crippen LogP contribution in [0.4, 0.5) is 0 Å². The molecular formula is C14H13ClN2O3S. The van der Waals surface area contributed by atoms with Gasteiger partial charge in [0.2, 0.25) is 0 Å². The summed E-state index contributed by atoms with van der Waals surface area (Å²) < 4.78 is 5.05. The van der Waals surface area contributed by atoms with E-state index in [2.05, 4.69) is 10.5 Å². The Morgan fingerprint density at radius 1 is 1.52 bits per heavy atom. The molecule has 0 saturated carbocycles. The summed E-state index contributed by atoms with van der Waals surface area (Å²) in [5.41, 5.74) is 3.65. The van der Waals surface area contributed by atoms with Crippen LogP contribution in [0.15, 0.2) is 28.7 Å². The van der Waals surface area contributed by atoms with E-state index < -0.39 is 5.91 Å². The second kappa shape index (κ2) is 6.60. The number of phenolic OH excluding ortho intramolecular Hbond substituents is 1. The second-order valence-corrected chi connectivity index (χ2v) is 5.44. The summed E-state index contributed by atoms with van der Waals surface area (Å²) in [5.74, 6) is 0.230. The van der Waals surface area contributed by atoms with Gasteiger partial charge in [0.1, 0.15) is 16.4 Å². The second-order valence-electron chi connectivity index (χ2n) is 4.19. The fourth-order valence-electron chi connectivity index (χ4n) is 1.56. The average Bonchev–Trinajstić information content (AvgIpc) is 2.81. The van der Waals surface area contributed by atoms with Crippen LogP contribution < -0.4 is 10.2 Å². The van der Waals surface area contributed by atoms with Crippen molar-refractivity contribution in [2.75, 3.05) is 7.11 Å². The van der Waals surface area contributed by atoms with Crippen molar-refractivity contribution >= 4 is 35.1 Å². The summed E-state index contributed by atoms with van der Waals surface area (Å²) in [6, 6.07) is 4.72. The van der Waals surface area contributed by atoms with Crippen molar-refractivity contribution in [3.8, 4) is 11.5 Å². The number of ether oxygens (including phenoxy) is 1. The van der Waals surface area contributed by atoms with E-state index in [1.807, 2.05) is 6.92 Å². The van der Waals surface area contributed by atoms with E-state index in [1.165, 1.54) is 30.7 Å². The fourth-order valence-corrected chi connectivity index (χ4v) is 2.73. The molecule has 21 heavy (non-hydrogen) atoms. The topological polar surface area (TPSA) is 70.9 Å². The molecule has 0 aliphatic rings. The first kappa shape index (κ1) is 15.3. The van der Waals surface area contributed by atoms with Crippen LogP contribution in [-0.4, -0.2) is 24.3 Å². The van der Waals surface area contributed by atoms with E-state index in [1.54, 1.807) is 17.5 Å². The molecule has 2 aromatic rings. The summed E-state index contributed by atoms with van der Waals surface area (Å²) in [6.45, 7) is 1.83. The highest BCUT2D eigenvalue weighted by Gasteiger charge is 2.13. The molecule has 2 rings (SSSR count). The van der Waals surface area contributed by atoms with Crippen LogP contribution >= 0.6 is 22.9 Å². The average molecular weight is 325 g/mol. The number of carbonyl (C=O) groups is 1. The Hall–Kier alpha value is -2.05. The molecule has 0 aliphatic carbocycles.